The van der Waals surface area contributed by atoms with Crippen molar-refractivity contribution in [2.75, 3.05) is 49.6 Å². The van der Waals surface area contributed by atoms with Crippen molar-refractivity contribution in [2.45, 2.75) is 31.4 Å². The number of carbonyl (C=O) groups is 1. The number of aromatic nitrogens is 3. The maximum absolute atomic E-state index is 13.0. The smallest absolute Gasteiger partial charge is 0.229 e. The van der Waals surface area contributed by atoms with Gasteiger partial charge in [0.25, 0.3) is 0 Å². The van der Waals surface area contributed by atoms with Crippen molar-refractivity contribution in [3.05, 3.63) is 47.4 Å². The molecule has 3 aliphatic rings. The van der Waals surface area contributed by atoms with Gasteiger partial charge < -0.3 is 20.1 Å². The largest absolute Gasteiger partial charge is 0.389 e. The van der Waals surface area contributed by atoms with Gasteiger partial charge in [-0.15, -0.1) is 0 Å². The molecule has 1 aliphatic carbocycles. The summed E-state index contributed by atoms with van der Waals surface area (Å²) >= 11 is 6.70. The van der Waals surface area contributed by atoms with E-state index in [1.807, 2.05) is 31.4 Å². The van der Waals surface area contributed by atoms with Gasteiger partial charge in [-0.25, -0.2) is 4.98 Å². The third-order valence-electron chi connectivity index (χ3n) is 8.53. The topological polar surface area (TPSA) is 95.8 Å². The molecule has 1 saturated carbocycles. The lowest BCUT2D eigenvalue weighted by molar-refractivity contribution is -0.117. The van der Waals surface area contributed by atoms with Gasteiger partial charge in [0, 0.05) is 56.9 Å². The monoisotopic (exact) mass is 524 g/mol. The first-order valence-electron chi connectivity index (χ1n) is 12.9. The number of nitrogens with zero attached hydrogens (tertiary/aromatic N) is 5. The highest BCUT2D eigenvalue weighted by Crippen LogP contribution is 2.53. The lowest BCUT2D eigenvalue weighted by Gasteiger charge is -2.45. The molecule has 5 atom stereocenters. The Kier molecular flexibility index (Phi) is 6.14. The lowest BCUT2D eigenvalue weighted by Crippen LogP contribution is -2.60. The van der Waals surface area contributed by atoms with Gasteiger partial charge in [-0.2, -0.15) is 5.10 Å². The van der Waals surface area contributed by atoms with Crippen LogP contribution in [0.4, 0.5) is 11.5 Å². The molecule has 6 rings (SSSR count). The van der Waals surface area contributed by atoms with Crippen LogP contribution in [0.3, 0.4) is 0 Å². The van der Waals surface area contributed by atoms with Crippen LogP contribution in [-0.4, -0.2) is 81.7 Å². The van der Waals surface area contributed by atoms with E-state index in [1.165, 1.54) is 0 Å². The molecule has 2 N–H and O–H groups in total. The highest BCUT2D eigenvalue weighted by atomic mass is 35.5. The van der Waals surface area contributed by atoms with Gasteiger partial charge in [0.2, 0.25) is 5.91 Å². The van der Waals surface area contributed by atoms with Crippen LogP contribution in [0, 0.1) is 11.8 Å². The molecule has 4 heterocycles. The lowest BCUT2D eigenvalue weighted by atomic mass is 9.95. The fourth-order valence-electron chi connectivity index (χ4n) is 6.02. The minimum absolute atomic E-state index is 0.0214. The summed E-state index contributed by atoms with van der Waals surface area (Å²) in [6.45, 7) is 8.35. The number of piperazine rings is 1. The number of ether oxygens (including phenoxy) is 1. The Labute approximate surface area is 221 Å². The highest BCUT2D eigenvalue weighted by Gasteiger charge is 2.53. The molecule has 3 fully saturated rings. The van der Waals surface area contributed by atoms with Gasteiger partial charge in [-0.1, -0.05) is 18.5 Å². The first-order chi connectivity index (χ1) is 17.7. The predicted molar refractivity (Wildman–Crippen MR) is 143 cm³/mol. The van der Waals surface area contributed by atoms with E-state index in [4.69, 9.17) is 16.3 Å². The SMILES string of the molecule is C[C@H]1[C@H](C(=O)Nc2cc3cc(N4CCN([C@@]5(C)COC[C@H]5O)CC4)c(Cl)cc3cn2)[C@H]1c1ccn(C)n1. The van der Waals surface area contributed by atoms with Crippen LogP contribution in [0.15, 0.2) is 36.7 Å². The van der Waals surface area contributed by atoms with Crippen LogP contribution in [0.1, 0.15) is 25.5 Å². The molecule has 0 bridgehead atoms. The highest BCUT2D eigenvalue weighted by molar-refractivity contribution is 6.34. The number of amides is 1. The van der Waals surface area contributed by atoms with Crippen molar-refractivity contribution >= 4 is 39.8 Å². The van der Waals surface area contributed by atoms with Gasteiger partial charge in [0.1, 0.15) is 5.82 Å². The number of aliphatic hydroxyl groups is 1. The van der Waals surface area contributed by atoms with Crippen molar-refractivity contribution in [1.29, 1.82) is 0 Å². The number of rotatable bonds is 5. The third kappa shape index (κ3) is 4.37. The number of hydrogen-bond acceptors (Lipinski definition) is 7. The van der Waals surface area contributed by atoms with E-state index >= 15 is 0 Å². The molecule has 2 aliphatic heterocycles. The molecular formula is C27H33ClN6O3. The van der Waals surface area contributed by atoms with E-state index in [0.717, 1.165) is 48.3 Å². The second-order valence-corrected chi connectivity index (χ2v) is 11.3. The maximum Gasteiger partial charge on any atom is 0.229 e. The quantitative estimate of drug-likeness (QED) is 0.530. The summed E-state index contributed by atoms with van der Waals surface area (Å²) in [6, 6.07) is 7.92. The molecule has 2 aromatic heterocycles. The zero-order valence-corrected chi connectivity index (χ0v) is 22.1. The normalized spacial score (nSPS) is 30.1. The van der Waals surface area contributed by atoms with Crippen molar-refractivity contribution in [3.8, 4) is 0 Å². The fourth-order valence-corrected chi connectivity index (χ4v) is 6.31. The second kappa shape index (κ2) is 9.23. The Morgan fingerprint density at radius 2 is 2.00 bits per heavy atom. The minimum Gasteiger partial charge on any atom is -0.389 e. The summed E-state index contributed by atoms with van der Waals surface area (Å²) in [5.74, 6) is 0.808. The number of pyridine rings is 1. The molecule has 0 unspecified atom stereocenters. The summed E-state index contributed by atoms with van der Waals surface area (Å²) in [7, 11) is 1.89. The third-order valence-corrected chi connectivity index (χ3v) is 8.83. The Balaban J connectivity index is 1.16. The average Bonchev–Trinajstić information content (AvgIpc) is 3.15. The fraction of sp³-hybridized carbons (Fsp3) is 0.519. The van der Waals surface area contributed by atoms with E-state index in [0.29, 0.717) is 24.1 Å². The molecule has 1 amide bonds. The standard InChI is InChI=1S/C27H33ClN6O3/c1-16-24(20-4-5-32(3)31-20)25(16)26(36)30-23-12-17-11-21(19(28)10-18(17)13-29-23)33-6-8-34(9-7-33)27(2)15-37-14-22(27)35/h4-5,10-13,16,22,24-25,35H,6-9,14-15H2,1-3H3,(H,29,30,36)/t16-,22-,24-,25+,27+/m1/s1. The van der Waals surface area contributed by atoms with Crippen LogP contribution in [0.5, 0.6) is 0 Å². The summed E-state index contributed by atoms with van der Waals surface area (Å²) in [5, 5.41) is 20.5. The number of nitrogens with one attached hydrogen (secondary N) is 1. The number of hydrogen-bond donors (Lipinski definition) is 2. The molecule has 1 aromatic carbocycles. The number of anilines is 2. The molecular weight excluding hydrogens is 492 g/mol. The Morgan fingerprint density at radius 3 is 2.68 bits per heavy atom. The number of halogens is 1. The Morgan fingerprint density at radius 1 is 1.22 bits per heavy atom. The Bertz CT molecular complexity index is 1340. The Hall–Kier alpha value is -2.72. The van der Waals surface area contributed by atoms with Crippen LogP contribution in [0.25, 0.3) is 10.8 Å². The minimum atomic E-state index is -0.470. The van der Waals surface area contributed by atoms with Gasteiger partial charge in [0.15, 0.2) is 0 Å². The van der Waals surface area contributed by atoms with E-state index < -0.39 is 6.10 Å². The van der Waals surface area contributed by atoms with E-state index in [9.17, 15) is 9.90 Å². The maximum atomic E-state index is 13.0. The van der Waals surface area contributed by atoms with E-state index in [-0.39, 0.29) is 29.2 Å². The zero-order chi connectivity index (χ0) is 25.9. The molecule has 2 saturated heterocycles. The first kappa shape index (κ1) is 24.6. The average molecular weight is 525 g/mol. The number of benzene rings is 1. The number of aliphatic hydroxyl groups excluding tert-OH is 1. The summed E-state index contributed by atoms with van der Waals surface area (Å²) in [4.78, 5) is 22.1. The summed E-state index contributed by atoms with van der Waals surface area (Å²) in [5.41, 5.74) is 1.59. The van der Waals surface area contributed by atoms with E-state index in [1.54, 1.807) is 10.9 Å². The van der Waals surface area contributed by atoms with Gasteiger partial charge in [0.05, 0.1) is 47.2 Å². The number of fused-ring (bicyclic) bond motifs is 1. The van der Waals surface area contributed by atoms with Gasteiger partial charge in [-0.05, 0) is 42.5 Å². The van der Waals surface area contributed by atoms with Crippen LogP contribution in [0.2, 0.25) is 5.02 Å². The van der Waals surface area contributed by atoms with Crippen molar-refractivity contribution in [2.24, 2.45) is 18.9 Å². The molecule has 196 valence electrons. The molecule has 3 aromatic rings. The predicted octanol–water partition coefficient (Wildman–Crippen LogP) is 2.88. The van der Waals surface area contributed by atoms with Crippen molar-refractivity contribution in [3.63, 3.8) is 0 Å². The number of carbonyl (C=O) groups excluding carboxylic acids is 1. The summed E-state index contributed by atoms with van der Waals surface area (Å²) in [6.07, 6.45) is 3.20. The first-order valence-corrected chi connectivity index (χ1v) is 13.3. The summed E-state index contributed by atoms with van der Waals surface area (Å²) < 4.78 is 7.30. The number of aryl methyl sites for hydroxylation is 1. The van der Waals surface area contributed by atoms with Crippen molar-refractivity contribution in [1.82, 2.24) is 19.7 Å². The molecule has 9 nitrogen and oxygen atoms in total. The van der Waals surface area contributed by atoms with Crippen LogP contribution < -0.4 is 10.2 Å². The van der Waals surface area contributed by atoms with Crippen molar-refractivity contribution < 1.29 is 14.6 Å². The molecule has 37 heavy (non-hydrogen) atoms. The van der Waals surface area contributed by atoms with Gasteiger partial charge >= 0.3 is 0 Å². The van der Waals surface area contributed by atoms with Crippen LogP contribution >= 0.6 is 11.6 Å². The molecule has 10 heteroatoms. The second-order valence-electron chi connectivity index (χ2n) is 10.9. The van der Waals surface area contributed by atoms with E-state index in [2.05, 4.69) is 45.1 Å². The molecule has 0 spiro atoms. The van der Waals surface area contributed by atoms with Gasteiger partial charge in [-0.3, -0.25) is 14.4 Å². The van der Waals surface area contributed by atoms with Crippen LogP contribution in [-0.2, 0) is 16.6 Å². The zero-order valence-electron chi connectivity index (χ0n) is 21.4. The molecule has 0 radical (unpaired) electrons.